The van der Waals surface area contributed by atoms with Crippen LogP contribution in [0, 0.1) is 0 Å². The summed E-state index contributed by atoms with van der Waals surface area (Å²) >= 11 is 0. The van der Waals surface area contributed by atoms with E-state index in [-0.39, 0.29) is 43.0 Å². The molecule has 31 heavy (non-hydrogen) atoms. The van der Waals surface area contributed by atoms with E-state index in [1.807, 2.05) is 42.6 Å². The van der Waals surface area contributed by atoms with E-state index in [0.717, 1.165) is 16.7 Å². The van der Waals surface area contributed by atoms with Crippen LogP contribution in [0.4, 0.5) is 0 Å². The van der Waals surface area contributed by atoms with Gasteiger partial charge in [0.15, 0.2) is 0 Å². The van der Waals surface area contributed by atoms with Crippen molar-refractivity contribution in [3.8, 4) is 11.1 Å². The van der Waals surface area contributed by atoms with Crippen molar-refractivity contribution in [1.29, 1.82) is 0 Å². The summed E-state index contributed by atoms with van der Waals surface area (Å²) in [6.45, 7) is 0.353. The second kappa shape index (κ2) is 7.92. The van der Waals surface area contributed by atoms with Crippen molar-refractivity contribution in [2.75, 3.05) is 19.7 Å². The number of fused-ring (bicyclic) bond motifs is 1. The number of benzene rings is 1. The van der Waals surface area contributed by atoms with Crippen LogP contribution in [-0.2, 0) is 4.79 Å². The number of rotatable bonds is 4. The van der Waals surface area contributed by atoms with Crippen LogP contribution in [0.5, 0.6) is 0 Å². The van der Waals surface area contributed by atoms with Gasteiger partial charge in [0.25, 0.3) is 5.91 Å². The summed E-state index contributed by atoms with van der Waals surface area (Å²) in [5.41, 5.74) is 3.61. The number of amides is 2. The molecule has 0 bridgehead atoms. The van der Waals surface area contributed by atoms with Crippen LogP contribution < -0.4 is 0 Å². The molecule has 3 atom stereocenters. The molecule has 2 aromatic heterocycles. The largest absolute Gasteiger partial charge is 0.394 e. The Morgan fingerprint density at radius 2 is 1.74 bits per heavy atom. The molecular formula is C24H22N4O3. The zero-order chi connectivity index (χ0) is 21.4. The number of aliphatic hydroxyl groups is 1. The lowest BCUT2D eigenvalue weighted by atomic mass is 9.73. The molecule has 156 valence electrons. The molecule has 5 rings (SSSR count). The first-order valence-electron chi connectivity index (χ1n) is 10.3. The predicted molar refractivity (Wildman–Crippen MR) is 114 cm³/mol. The van der Waals surface area contributed by atoms with Crippen molar-refractivity contribution in [2.24, 2.45) is 0 Å². The maximum absolute atomic E-state index is 12.9. The maximum Gasteiger partial charge on any atom is 0.255 e. The smallest absolute Gasteiger partial charge is 0.255 e. The normalized spacial score (nSPS) is 22.6. The fraction of sp³-hybridized carbons (Fsp3) is 0.250. The molecule has 2 saturated heterocycles. The van der Waals surface area contributed by atoms with E-state index in [2.05, 4.69) is 9.97 Å². The van der Waals surface area contributed by atoms with E-state index < -0.39 is 0 Å². The van der Waals surface area contributed by atoms with Gasteiger partial charge in [-0.25, -0.2) is 0 Å². The van der Waals surface area contributed by atoms with Crippen LogP contribution in [0.2, 0.25) is 0 Å². The van der Waals surface area contributed by atoms with Gasteiger partial charge in [-0.15, -0.1) is 0 Å². The predicted octanol–water partition coefficient (Wildman–Crippen LogP) is 1.95. The highest BCUT2D eigenvalue weighted by Gasteiger charge is 2.54. The van der Waals surface area contributed by atoms with Gasteiger partial charge >= 0.3 is 0 Å². The lowest BCUT2D eigenvalue weighted by Gasteiger charge is -2.58. The molecule has 0 unspecified atom stereocenters. The minimum atomic E-state index is -0.266. The van der Waals surface area contributed by atoms with Crippen molar-refractivity contribution in [2.45, 2.75) is 18.0 Å². The number of nitrogens with zero attached hydrogens (tertiary/aromatic N) is 4. The third-order valence-electron chi connectivity index (χ3n) is 6.24. The molecule has 7 nitrogen and oxygen atoms in total. The van der Waals surface area contributed by atoms with E-state index in [9.17, 15) is 14.7 Å². The van der Waals surface area contributed by atoms with Crippen LogP contribution in [0.15, 0.2) is 73.3 Å². The number of carbonyl (C=O) groups excluding carboxylic acids is 2. The van der Waals surface area contributed by atoms with E-state index in [1.54, 1.807) is 34.3 Å². The third-order valence-corrected chi connectivity index (χ3v) is 6.24. The quantitative estimate of drug-likeness (QED) is 0.705. The monoisotopic (exact) mass is 414 g/mol. The molecule has 0 aliphatic carbocycles. The Labute approximate surface area is 180 Å². The molecule has 2 amide bonds. The minimum Gasteiger partial charge on any atom is -0.394 e. The molecule has 0 spiro atoms. The van der Waals surface area contributed by atoms with Gasteiger partial charge in [0, 0.05) is 37.3 Å². The fourth-order valence-electron chi connectivity index (χ4n) is 4.76. The Morgan fingerprint density at radius 1 is 1.00 bits per heavy atom. The fourth-order valence-corrected chi connectivity index (χ4v) is 4.76. The second-order valence-electron chi connectivity index (χ2n) is 7.94. The first-order valence-corrected chi connectivity index (χ1v) is 10.3. The maximum atomic E-state index is 12.9. The van der Waals surface area contributed by atoms with E-state index >= 15 is 0 Å². The number of aliphatic hydroxyl groups excluding tert-OH is 1. The lowest BCUT2D eigenvalue weighted by molar-refractivity contribution is -0.159. The van der Waals surface area contributed by atoms with E-state index in [0.29, 0.717) is 12.1 Å². The molecule has 0 saturated carbocycles. The second-order valence-corrected chi connectivity index (χ2v) is 7.94. The number of piperazine rings is 1. The van der Waals surface area contributed by atoms with E-state index in [4.69, 9.17) is 0 Å². The van der Waals surface area contributed by atoms with Crippen molar-refractivity contribution in [1.82, 2.24) is 19.8 Å². The SMILES string of the molecule is O=C(c1cccnc1)N1CC(=O)N2[C@H](CO)[C@@H](c3ccc(-c4cccnc4)cc3)[C@@H]2C1. The minimum absolute atomic E-state index is 0.0212. The van der Waals surface area contributed by atoms with Crippen molar-refractivity contribution in [3.05, 3.63) is 84.4 Å². The highest BCUT2D eigenvalue weighted by atomic mass is 16.3. The van der Waals surface area contributed by atoms with Gasteiger partial charge < -0.3 is 14.9 Å². The summed E-state index contributed by atoms with van der Waals surface area (Å²) in [6.07, 6.45) is 6.69. The molecule has 2 aliphatic heterocycles. The molecule has 7 heteroatoms. The van der Waals surface area contributed by atoms with Gasteiger partial charge in [-0.05, 0) is 34.9 Å². The number of carbonyl (C=O) groups is 2. The average Bonchev–Trinajstić information content (AvgIpc) is 2.81. The Hall–Kier alpha value is -3.58. The highest BCUT2D eigenvalue weighted by molar-refractivity contribution is 5.97. The lowest BCUT2D eigenvalue weighted by Crippen LogP contribution is -2.73. The summed E-state index contributed by atoms with van der Waals surface area (Å²) in [6, 6.07) is 15.1. The number of hydrogen-bond acceptors (Lipinski definition) is 5. The van der Waals surface area contributed by atoms with Crippen LogP contribution in [0.3, 0.4) is 0 Å². The van der Waals surface area contributed by atoms with Crippen molar-refractivity contribution in [3.63, 3.8) is 0 Å². The molecule has 0 radical (unpaired) electrons. The summed E-state index contributed by atoms with van der Waals surface area (Å²) in [4.78, 5) is 37.2. The summed E-state index contributed by atoms with van der Waals surface area (Å²) in [5.74, 6) is -0.351. The van der Waals surface area contributed by atoms with Gasteiger partial charge in [0.05, 0.1) is 24.3 Å². The summed E-state index contributed by atoms with van der Waals surface area (Å²) < 4.78 is 0. The first-order chi connectivity index (χ1) is 15.2. The van der Waals surface area contributed by atoms with Crippen molar-refractivity contribution >= 4 is 11.8 Å². The van der Waals surface area contributed by atoms with Crippen LogP contribution in [0.25, 0.3) is 11.1 Å². The molecule has 4 heterocycles. The number of hydrogen-bond donors (Lipinski definition) is 1. The van der Waals surface area contributed by atoms with Gasteiger partial charge in [-0.1, -0.05) is 30.3 Å². The van der Waals surface area contributed by atoms with Gasteiger partial charge in [0.1, 0.15) is 6.54 Å². The Morgan fingerprint density at radius 3 is 2.39 bits per heavy atom. The molecular weight excluding hydrogens is 392 g/mol. The zero-order valence-electron chi connectivity index (χ0n) is 16.8. The zero-order valence-corrected chi connectivity index (χ0v) is 16.8. The topological polar surface area (TPSA) is 86.6 Å². The van der Waals surface area contributed by atoms with Gasteiger partial charge in [-0.3, -0.25) is 19.6 Å². The highest BCUT2D eigenvalue weighted by Crippen LogP contribution is 2.43. The standard InChI is InChI=1S/C24H22N4O3/c29-15-21-23(17-7-5-16(6-8-17)18-3-1-9-25-11-18)20-13-27(14-22(30)28(20)21)24(31)19-4-2-10-26-12-19/h1-12,20-21,23,29H,13-15H2/t20-,21+,23-/m0/s1. The average molecular weight is 414 g/mol. The molecule has 1 aromatic carbocycles. The molecule has 2 fully saturated rings. The molecule has 1 N–H and O–H groups in total. The Balaban J connectivity index is 1.39. The van der Waals surface area contributed by atoms with Crippen LogP contribution >= 0.6 is 0 Å². The molecule has 3 aromatic rings. The number of aromatic nitrogens is 2. The van der Waals surface area contributed by atoms with Crippen LogP contribution in [-0.4, -0.2) is 68.5 Å². The first kappa shape index (κ1) is 19.4. The summed E-state index contributed by atoms with van der Waals surface area (Å²) in [5, 5.41) is 9.97. The number of pyridine rings is 2. The Kier molecular flexibility index (Phi) is 4.95. The van der Waals surface area contributed by atoms with Crippen molar-refractivity contribution < 1.29 is 14.7 Å². The third kappa shape index (κ3) is 3.37. The molecule has 2 aliphatic rings. The van der Waals surface area contributed by atoms with Crippen LogP contribution in [0.1, 0.15) is 21.8 Å². The Bertz CT molecular complexity index is 1090. The summed E-state index contributed by atoms with van der Waals surface area (Å²) in [7, 11) is 0. The van der Waals surface area contributed by atoms with Gasteiger partial charge in [-0.2, -0.15) is 0 Å². The van der Waals surface area contributed by atoms with Gasteiger partial charge in [0.2, 0.25) is 5.91 Å². The van der Waals surface area contributed by atoms with E-state index in [1.165, 1.54) is 6.20 Å².